The second-order valence-corrected chi connectivity index (χ2v) is 4.93. The summed E-state index contributed by atoms with van der Waals surface area (Å²) in [6, 6.07) is 4.61. The van der Waals surface area contributed by atoms with Crippen LogP contribution in [0.15, 0.2) is 18.2 Å². The average Bonchev–Trinajstić information content (AvgIpc) is 2.30. The molecule has 1 amide bonds. The zero-order chi connectivity index (χ0) is 13.3. The molecular formula is C14H18FNO2. The zero-order valence-corrected chi connectivity index (χ0v) is 10.9. The van der Waals surface area contributed by atoms with Gasteiger partial charge in [0.1, 0.15) is 5.82 Å². The Bertz CT molecular complexity index is 451. The monoisotopic (exact) mass is 251 g/mol. The molecule has 3 nitrogen and oxygen atoms in total. The van der Waals surface area contributed by atoms with Crippen LogP contribution in [0.4, 0.5) is 4.39 Å². The number of hydrogen-bond donors (Lipinski definition) is 0. The van der Waals surface area contributed by atoms with Crippen molar-refractivity contribution in [1.29, 1.82) is 0 Å². The van der Waals surface area contributed by atoms with E-state index in [4.69, 9.17) is 4.74 Å². The molecule has 1 aromatic carbocycles. The fourth-order valence-electron chi connectivity index (χ4n) is 2.25. The molecule has 0 N–H and O–H groups in total. The number of morpholine rings is 1. The normalized spacial score (nSPS) is 24.1. The fraction of sp³-hybridized carbons (Fsp3) is 0.500. The highest BCUT2D eigenvalue weighted by atomic mass is 19.1. The van der Waals surface area contributed by atoms with E-state index < -0.39 is 0 Å². The van der Waals surface area contributed by atoms with Crippen LogP contribution in [0.5, 0.6) is 0 Å². The van der Waals surface area contributed by atoms with E-state index in [1.807, 2.05) is 13.8 Å². The summed E-state index contributed by atoms with van der Waals surface area (Å²) in [6.07, 6.45) is 0.0426. The number of aryl methyl sites for hydroxylation is 1. The second-order valence-electron chi connectivity index (χ2n) is 4.93. The molecular weight excluding hydrogens is 233 g/mol. The molecule has 4 heteroatoms. The Balaban J connectivity index is 2.17. The Morgan fingerprint density at radius 3 is 2.50 bits per heavy atom. The van der Waals surface area contributed by atoms with Gasteiger partial charge < -0.3 is 9.64 Å². The standard InChI is InChI=1S/C14H18FNO2/c1-9-4-5-12(6-13(9)15)14(17)16-7-10(2)18-11(3)8-16/h4-6,10-11H,7-8H2,1-3H3. The lowest BCUT2D eigenvalue weighted by molar-refractivity contribution is -0.0586. The van der Waals surface area contributed by atoms with Crippen LogP contribution in [0.3, 0.4) is 0 Å². The predicted octanol–water partition coefficient (Wildman–Crippen LogP) is 2.38. The van der Waals surface area contributed by atoms with Gasteiger partial charge in [0.25, 0.3) is 5.91 Å². The van der Waals surface area contributed by atoms with Gasteiger partial charge >= 0.3 is 0 Å². The van der Waals surface area contributed by atoms with Gasteiger partial charge in [-0.25, -0.2) is 4.39 Å². The van der Waals surface area contributed by atoms with Crippen molar-refractivity contribution in [3.05, 3.63) is 35.1 Å². The minimum Gasteiger partial charge on any atom is -0.372 e. The molecule has 0 saturated carbocycles. The number of amides is 1. The van der Waals surface area contributed by atoms with Gasteiger partial charge in [-0.15, -0.1) is 0 Å². The van der Waals surface area contributed by atoms with Gasteiger partial charge in [0.05, 0.1) is 12.2 Å². The molecule has 0 aliphatic carbocycles. The molecule has 0 radical (unpaired) electrons. The van der Waals surface area contributed by atoms with Crippen LogP contribution in [-0.2, 0) is 4.74 Å². The minimum atomic E-state index is -0.338. The average molecular weight is 251 g/mol. The van der Waals surface area contributed by atoms with E-state index in [1.54, 1.807) is 24.0 Å². The van der Waals surface area contributed by atoms with Crippen LogP contribution in [0.2, 0.25) is 0 Å². The third-order valence-corrected chi connectivity index (χ3v) is 3.13. The number of ether oxygens (including phenoxy) is 1. The first-order chi connectivity index (χ1) is 8.47. The summed E-state index contributed by atoms with van der Waals surface area (Å²) in [5.74, 6) is -0.467. The van der Waals surface area contributed by atoms with Crippen molar-refractivity contribution >= 4 is 5.91 Å². The first kappa shape index (κ1) is 13.0. The number of carbonyl (C=O) groups excluding carboxylic acids is 1. The Morgan fingerprint density at radius 1 is 1.33 bits per heavy atom. The number of halogens is 1. The first-order valence-corrected chi connectivity index (χ1v) is 6.18. The molecule has 1 aliphatic rings. The fourth-order valence-corrected chi connectivity index (χ4v) is 2.25. The van der Waals surface area contributed by atoms with E-state index in [0.717, 1.165) is 0 Å². The van der Waals surface area contributed by atoms with Gasteiger partial charge in [-0.1, -0.05) is 6.07 Å². The summed E-state index contributed by atoms with van der Waals surface area (Å²) in [6.45, 7) is 6.66. The summed E-state index contributed by atoms with van der Waals surface area (Å²) < 4.78 is 19.0. The quantitative estimate of drug-likeness (QED) is 0.767. The Labute approximate surface area is 107 Å². The van der Waals surface area contributed by atoms with Crippen molar-refractivity contribution in [2.75, 3.05) is 13.1 Å². The lowest BCUT2D eigenvalue weighted by atomic mass is 10.1. The summed E-state index contributed by atoms with van der Waals surface area (Å²) in [5.41, 5.74) is 0.953. The van der Waals surface area contributed by atoms with E-state index in [1.165, 1.54) is 6.07 Å². The summed E-state index contributed by atoms with van der Waals surface area (Å²) in [4.78, 5) is 14.0. The van der Waals surface area contributed by atoms with Crippen molar-refractivity contribution < 1.29 is 13.9 Å². The van der Waals surface area contributed by atoms with Gasteiger partial charge in [-0.2, -0.15) is 0 Å². The van der Waals surface area contributed by atoms with Crippen LogP contribution >= 0.6 is 0 Å². The van der Waals surface area contributed by atoms with Gasteiger partial charge in [-0.05, 0) is 38.5 Å². The predicted molar refractivity (Wildman–Crippen MR) is 67.0 cm³/mol. The summed E-state index contributed by atoms with van der Waals surface area (Å²) in [5, 5.41) is 0. The topological polar surface area (TPSA) is 29.5 Å². The molecule has 1 aliphatic heterocycles. The molecule has 98 valence electrons. The molecule has 2 rings (SSSR count). The van der Waals surface area contributed by atoms with Crippen LogP contribution in [0.1, 0.15) is 29.8 Å². The van der Waals surface area contributed by atoms with Crippen molar-refractivity contribution in [3.8, 4) is 0 Å². The van der Waals surface area contributed by atoms with Crippen molar-refractivity contribution in [2.45, 2.75) is 33.0 Å². The molecule has 1 aromatic rings. The van der Waals surface area contributed by atoms with E-state index in [0.29, 0.717) is 24.2 Å². The molecule has 1 fully saturated rings. The summed E-state index contributed by atoms with van der Waals surface area (Å²) in [7, 11) is 0. The molecule has 1 heterocycles. The maximum Gasteiger partial charge on any atom is 0.254 e. The molecule has 1 saturated heterocycles. The van der Waals surface area contributed by atoms with E-state index >= 15 is 0 Å². The smallest absolute Gasteiger partial charge is 0.254 e. The number of rotatable bonds is 1. The van der Waals surface area contributed by atoms with Crippen LogP contribution in [0, 0.1) is 12.7 Å². The van der Waals surface area contributed by atoms with E-state index in [9.17, 15) is 9.18 Å². The van der Waals surface area contributed by atoms with Crippen molar-refractivity contribution in [3.63, 3.8) is 0 Å². The van der Waals surface area contributed by atoms with Gasteiger partial charge in [0.15, 0.2) is 0 Å². The van der Waals surface area contributed by atoms with Crippen LogP contribution in [-0.4, -0.2) is 36.1 Å². The number of benzene rings is 1. The van der Waals surface area contributed by atoms with Crippen LogP contribution in [0.25, 0.3) is 0 Å². The SMILES string of the molecule is Cc1ccc(C(=O)N2CC(C)OC(C)C2)cc1F. The third kappa shape index (κ3) is 2.70. The lowest BCUT2D eigenvalue weighted by Gasteiger charge is -2.35. The van der Waals surface area contributed by atoms with Crippen LogP contribution < -0.4 is 0 Å². The second kappa shape index (κ2) is 5.06. The van der Waals surface area contributed by atoms with Crippen molar-refractivity contribution in [2.24, 2.45) is 0 Å². The minimum absolute atomic E-state index is 0.0213. The van der Waals surface area contributed by atoms with E-state index in [-0.39, 0.29) is 23.9 Å². The Morgan fingerprint density at radius 2 is 1.94 bits per heavy atom. The van der Waals surface area contributed by atoms with Gasteiger partial charge in [-0.3, -0.25) is 4.79 Å². The number of carbonyl (C=O) groups is 1. The highest BCUT2D eigenvalue weighted by Gasteiger charge is 2.26. The molecule has 18 heavy (non-hydrogen) atoms. The maximum atomic E-state index is 13.5. The summed E-state index contributed by atoms with van der Waals surface area (Å²) >= 11 is 0. The Kier molecular flexibility index (Phi) is 3.66. The largest absolute Gasteiger partial charge is 0.372 e. The highest BCUT2D eigenvalue weighted by molar-refractivity contribution is 5.94. The molecule has 2 unspecified atom stereocenters. The van der Waals surface area contributed by atoms with Gasteiger partial charge in [0, 0.05) is 18.7 Å². The Hall–Kier alpha value is -1.42. The van der Waals surface area contributed by atoms with E-state index in [2.05, 4.69) is 0 Å². The first-order valence-electron chi connectivity index (χ1n) is 6.18. The molecule has 0 spiro atoms. The van der Waals surface area contributed by atoms with Gasteiger partial charge in [0.2, 0.25) is 0 Å². The molecule has 2 atom stereocenters. The zero-order valence-electron chi connectivity index (χ0n) is 10.9. The number of nitrogens with zero attached hydrogens (tertiary/aromatic N) is 1. The third-order valence-electron chi connectivity index (χ3n) is 3.13. The molecule has 0 bridgehead atoms. The maximum absolute atomic E-state index is 13.5. The molecule has 0 aromatic heterocycles. The number of hydrogen-bond acceptors (Lipinski definition) is 2. The van der Waals surface area contributed by atoms with Crippen molar-refractivity contribution in [1.82, 2.24) is 4.90 Å². The lowest BCUT2D eigenvalue weighted by Crippen LogP contribution is -2.48. The highest BCUT2D eigenvalue weighted by Crippen LogP contribution is 2.16.